The number of benzene rings is 2. The maximum Gasteiger partial charge on any atom is 0.357 e. The van der Waals surface area contributed by atoms with Crippen molar-refractivity contribution in [2.45, 2.75) is 19.6 Å². The largest absolute Gasteiger partial charge is 0.367 e. The number of rotatable bonds is 8. The van der Waals surface area contributed by atoms with Crippen LogP contribution in [-0.2, 0) is 13.6 Å². The van der Waals surface area contributed by atoms with Gasteiger partial charge in [0.15, 0.2) is 5.78 Å². The summed E-state index contributed by atoms with van der Waals surface area (Å²) in [6.07, 6.45) is 0. The van der Waals surface area contributed by atoms with Gasteiger partial charge in [0, 0.05) is 5.02 Å². The van der Waals surface area contributed by atoms with E-state index in [0.717, 1.165) is 0 Å². The third-order valence-corrected chi connectivity index (χ3v) is 7.25. The summed E-state index contributed by atoms with van der Waals surface area (Å²) in [7, 11) is -3.59. The van der Waals surface area contributed by atoms with E-state index in [1.54, 1.807) is 50.2 Å². The second kappa shape index (κ2) is 9.66. The average Bonchev–Trinajstić information content (AvgIpc) is 2.59. The minimum atomic E-state index is -3.59. The molecule has 4 nitrogen and oxygen atoms in total. The summed E-state index contributed by atoms with van der Waals surface area (Å²) >= 11 is 24.5. The van der Waals surface area contributed by atoms with Crippen LogP contribution in [-0.4, -0.2) is 13.2 Å². The predicted octanol–water partition coefficient (Wildman–Crippen LogP) is 7.68. The first-order valence-corrected chi connectivity index (χ1v) is 11.0. The van der Waals surface area contributed by atoms with E-state index >= 15 is 0 Å². The van der Waals surface area contributed by atoms with E-state index < -0.39 is 13.4 Å². The monoisotopic (exact) mass is 455 g/mol. The SMILES string of the molecule is CCOP(=O)(OCC)C(Nc1ccc(Cl)c(Cl)c1Cl)c1cccc(Cl)c1. The lowest BCUT2D eigenvalue weighted by atomic mass is 10.2. The molecule has 1 unspecified atom stereocenters. The van der Waals surface area contributed by atoms with Crippen LogP contribution in [0.4, 0.5) is 5.69 Å². The van der Waals surface area contributed by atoms with E-state index in [1.807, 2.05) is 0 Å². The van der Waals surface area contributed by atoms with Gasteiger partial charge in [0.2, 0.25) is 0 Å². The zero-order valence-corrected chi connectivity index (χ0v) is 18.1. The molecule has 0 fully saturated rings. The van der Waals surface area contributed by atoms with Crippen LogP contribution in [0.1, 0.15) is 25.2 Å². The van der Waals surface area contributed by atoms with Crippen molar-refractivity contribution in [1.82, 2.24) is 0 Å². The van der Waals surface area contributed by atoms with Gasteiger partial charge in [0.1, 0.15) is 0 Å². The van der Waals surface area contributed by atoms with Gasteiger partial charge in [0.05, 0.1) is 34.0 Å². The molecule has 0 aliphatic heterocycles. The highest BCUT2D eigenvalue weighted by molar-refractivity contribution is 7.54. The highest BCUT2D eigenvalue weighted by Crippen LogP contribution is 2.61. The van der Waals surface area contributed by atoms with Gasteiger partial charge in [-0.1, -0.05) is 58.5 Å². The molecule has 0 spiro atoms. The van der Waals surface area contributed by atoms with Gasteiger partial charge in [-0.15, -0.1) is 0 Å². The topological polar surface area (TPSA) is 47.6 Å². The van der Waals surface area contributed by atoms with E-state index in [1.165, 1.54) is 0 Å². The van der Waals surface area contributed by atoms with E-state index in [0.29, 0.717) is 21.3 Å². The first kappa shape index (κ1) is 21.8. The maximum absolute atomic E-state index is 13.4. The van der Waals surface area contributed by atoms with Gasteiger partial charge in [-0.2, -0.15) is 0 Å². The van der Waals surface area contributed by atoms with Gasteiger partial charge in [-0.25, -0.2) is 0 Å². The first-order chi connectivity index (χ1) is 12.3. The van der Waals surface area contributed by atoms with Crippen LogP contribution in [0.3, 0.4) is 0 Å². The molecule has 2 rings (SSSR count). The van der Waals surface area contributed by atoms with Crippen LogP contribution in [0.5, 0.6) is 0 Å². The van der Waals surface area contributed by atoms with Crippen LogP contribution in [0.2, 0.25) is 20.1 Å². The molecule has 142 valence electrons. The average molecular weight is 457 g/mol. The first-order valence-electron chi connectivity index (χ1n) is 7.86. The van der Waals surface area contributed by atoms with Crippen molar-refractivity contribution >= 4 is 59.7 Å². The van der Waals surface area contributed by atoms with Crippen molar-refractivity contribution in [2.75, 3.05) is 18.5 Å². The minimum Gasteiger partial charge on any atom is -0.367 e. The summed E-state index contributed by atoms with van der Waals surface area (Å²) in [5.41, 5.74) is 1.08. The number of hydrogen-bond donors (Lipinski definition) is 1. The Bertz CT molecular complexity index is 809. The van der Waals surface area contributed by atoms with Crippen LogP contribution in [0.15, 0.2) is 36.4 Å². The fraction of sp³-hybridized carbons (Fsp3) is 0.294. The second-order valence-electron chi connectivity index (χ2n) is 5.20. The van der Waals surface area contributed by atoms with Crippen molar-refractivity contribution in [3.8, 4) is 0 Å². The Hall–Kier alpha value is -0.450. The molecule has 0 radical (unpaired) electrons. The second-order valence-corrected chi connectivity index (χ2v) is 8.91. The minimum absolute atomic E-state index is 0.200. The summed E-state index contributed by atoms with van der Waals surface area (Å²) in [5, 5.41) is 4.35. The van der Waals surface area contributed by atoms with E-state index in [4.69, 9.17) is 55.5 Å². The van der Waals surface area contributed by atoms with Crippen LogP contribution in [0, 0.1) is 0 Å². The lowest BCUT2D eigenvalue weighted by Gasteiger charge is -2.28. The number of nitrogens with one attached hydrogen (secondary N) is 1. The summed E-state index contributed by atoms with van der Waals surface area (Å²) in [6.45, 7) is 3.91. The molecule has 2 aromatic rings. The zero-order valence-electron chi connectivity index (χ0n) is 14.1. The third-order valence-electron chi connectivity index (χ3n) is 3.43. The molecule has 2 aromatic carbocycles. The Labute approximate surface area is 173 Å². The summed E-state index contributed by atoms with van der Waals surface area (Å²) in [5.74, 6) is -0.837. The van der Waals surface area contributed by atoms with Gasteiger partial charge in [-0.05, 0) is 43.7 Å². The number of halogens is 4. The predicted molar refractivity (Wildman–Crippen MR) is 110 cm³/mol. The Morgan fingerprint density at radius 3 is 2.23 bits per heavy atom. The lowest BCUT2D eigenvalue weighted by Crippen LogP contribution is -2.15. The molecular weight excluding hydrogens is 439 g/mol. The van der Waals surface area contributed by atoms with Gasteiger partial charge < -0.3 is 14.4 Å². The van der Waals surface area contributed by atoms with Gasteiger partial charge >= 0.3 is 7.60 Å². The Balaban J connectivity index is 2.54. The molecule has 0 saturated carbocycles. The Morgan fingerprint density at radius 1 is 1.00 bits per heavy atom. The molecule has 0 amide bonds. The van der Waals surface area contributed by atoms with E-state index in [-0.39, 0.29) is 23.3 Å². The van der Waals surface area contributed by atoms with Gasteiger partial charge in [0.25, 0.3) is 0 Å². The fourth-order valence-electron chi connectivity index (χ4n) is 2.35. The number of anilines is 1. The van der Waals surface area contributed by atoms with E-state index in [9.17, 15) is 4.57 Å². The molecule has 0 aromatic heterocycles. The van der Waals surface area contributed by atoms with Crippen LogP contribution >= 0.6 is 54.0 Å². The molecule has 0 aliphatic rings. The highest BCUT2D eigenvalue weighted by atomic mass is 35.5. The third kappa shape index (κ3) is 5.08. The Kier molecular flexibility index (Phi) is 8.11. The summed E-state index contributed by atoms with van der Waals surface area (Å²) in [4.78, 5) is 0. The van der Waals surface area contributed by atoms with Crippen molar-refractivity contribution in [2.24, 2.45) is 0 Å². The van der Waals surface area contributed by atoms with Gasteiger partial charge in [-0.3, -0.25) is 4.57 Å². The van der Waals surface area contributed by atoms with Crippen molar-refractivity contribution < 1.29 is 13.6 Å². The Morgan fingerprint density at radius 2 is 1.65 bits per heavy atom. The maximum atomic E-state index is 13.4. The van der Waals surface area contributed by atoms with Crippen LogP contribution < -0.4 is 5.32 Å². The van der Waals surface area contributed by atoms with Crippen LogP contribution in [0.25, 0.3) is 0 Å². The number of hydrogen-bond acceptors (Lipinski definition) is 4. The highest BCUT2D eigenvalue weighted by Gasteiger charge is 2.37. The molecule has 1 N–H and O–H groups in total. The summed E-state index contributed by atoms with van der Waals surface area (Å²) < 4.78 is 24.5. The van der Waals surface area contributed by atoms with Crippen molar-refractivity contribution in [3.63, 3.8) is 0 Å². The molecule has 0 bridgehead atoms. The molecule has 0 aliphatic carbocycles. The van der Waals surface area contributed by atoms with Crippen molar-refractivity contribution in [1.29, 1.82) is 0 Å². The molecule has 0 saturated heterocycles. The van der Waals surface area contributed by atoms with E-state index in [2.05, 4.69) is 5.32 Å². The molecule has 26 heavy (non-hydrogen) atoms. The lowest BCUT2D eigenvalue weighted by molar-refractivity contribution is 0.214. The molecule has 0 heterocycles. The standard InChI is InChI=1S/C17H18Cl4NO3P/c1-3-24-26(23,25-4-2)17(11-6-5-7-12(18)10-11)22-14-9-8-13(19)15(20)16(14)21/h5-10,17,22H,3-4H2,1-2H3. The summed E-state index contributed by atoms with van der Waals surface area (Å²) in [6, 6.07) is 10.2. The zero-order chi connectivity index (χ0) is 19.3. The quantitative estimate of drug-likeness (QED) is 0.327. The molecule has 1 atom stereocenters. The molecular formula is C17H18Cl4NO3P. The smallest absolute Gasteiger partial charge is 0.357 e. The normalized spacial score (nSPS) is 12.8. The fourth-order valence-corrected chi connectivity index (χ4v) is 5.06. The van der Waals surface area contributed by atoms with Crippen molar-refractivity contribution in [3.05, 3.63) is 62.1 Å². The molecule has 9 heteroatoms.